The third kappa shape index (κ3) is 1.71. The van der Waals surface area contributed by atoms with Crippen molar-refractivity contribution >= 4 is 0 Å². The molecule has 0 amide bonds. The molecule has 0 spiro atoms. The fraction of sp³-hybridized carbons (Fsp3) is 1.00. The molecule has 0 unspecified atom stereocenters. The fourth-order valence-corrected chi connectivity index (χ4v) is 1.03. The Morgan fingerprint density at radius 2 is 1.42 bits per heavy atom. The van der Waals surface area contributed by atoms with Crippen LogP contribution in [0.2, 0.25) is 0 Å². The molecule has 8 heteroatoms. The second-order valence-electron chi connectivity index (χ2n) is 2.43. The predicted molar refractivity (Wildman–Crippen MR) is 36.9 cm³/mol. The molecule has 1 rings (SSSR count). The molecule has 1 aliphatic heterocycles. The van der Waals surface area contributed by atoms with Gasteiger partial charge < -0.3 is 0 Å². The van der Waals surface area contributed by atoms with E-state index in [0.717, 1.165) is 10.0 Å². The van der Waals surface area contributed by atoms with Crippen LogP contribution in [0, 0.1) is 20.2 Å². The SMILES string of the molecule is O=[N+]([O-])N1CCCN([N+](=O)[O-])C1. The van der Waals surface area contributed by atoms with E-state index in [1.54, 1.807) is 0 Å². The van der Waals surface area contributed by atoms with Crippen LogP contribution in [0.25, 0.3) is 0 Å². The quantitative estimate of drug-likeness (QED) is 0.409. The summed E-state index contributed by atoms with van der Waals surface area (Å²) in [5, 5.41) is 20.8. The Morgan fingerprint density at radius 3 is 1.75 bits per heavy atom. The van der Waals surface area contributed by atoms with Gasteiger partial charge in [-0.25, -0.2) is 20.2 Å². The Balaban J connectivity index is 2.51. The maximum Gasteiger partial charge on any atom is 0.207 e. The van der Waals surface area contributed by atoms with Crippen molar-refractivity contribution in [2.75, 3.05) is 19.8 Å². The minimum atomic E-state index is -0.615. The first-order chi connectivity index (χ1) is 5.61. The lowest BCUT2D eigenvalue weighted by Crippen LogP contribution is -2.49. The standard InChI is InChI=1S/C4H8N4O4/c9-7(10)5-2-1-3-6(4-5)8(11)12/h1-4H2. The normalized spacial score (nSPS) is 17.7. The molecular formula is C4H8N4O4. The molecule has 0 bridgehead atoms. The van der Waals surface area contributed by atoms with Crippen LogP contribution in [-0.4, -0.2) is 39.8 Å². The number of hydrazine groups is 2. The average molecular weight is 176 g/mol. The van der Waals surface area contributed by atoms with E-state index < -0.39 is 10.1 Å². The summed E-state index contributed by atoms with van der Waals surface area (Å²) in [5.41, 5.74) is 0. The Hall–Kier alpha value is -1.60. The Bertz CT molecular complexity index is 187. The first-order valence-electron chi connectivity index (χ1n) is 3.40. The number of rotatable bonds is 2. The third-order valence-corrected chi connectivity index (χ3v) is 1.62. The van der Waals surface area contributed by atoms with Crippen molar-refractivity contribution in [2.24, 2.45) is 0 Å². The predicted octanol–water partition coefficient (Wildman–Crippen LogP) is -0.665. The summed E-state index contributed by atoms with van der Waals surface area (Å²) in [7, 11) is 0. The summed E-state index contributed by atoms with van der Waals surface area (Å²) < 4.78 is 0. The maximum atomic E-state index is 10.2. The lowest BCUT2D eigenvalue weighted by atomic mass is 10.3. The molecule has 0 aromatic carbocycles. The van der Waals surface area contributed by atoms with Crippen LogP contribution in [0.1, 0.15) is 6.42 Å². The van der Waals surface area contributed by atoms with Crippen LogP contribution >= 0.6 is 0 Å². The molecule has 0 aliphatic carbocycles. The van der Waals surface area contributed by atoms with E-state index in [2.05, 4.69) is 0 Å². The van der Waals surface area contributed by atoms with Gasteiger partial charge in [-0.2, -0.15) is 0 Å². The molecule has 0 aromatic heterocycles. The molecule has 68 valence electrons. The van der Waals surface area contributed by atoms with Crippen LogP contribution in [-0.2, 0) is 0 Å². The average Bonchev–Trinajstić information content (AvgIpc) is 2.04. The van der Waals surface area contributed by atoms with Crippen LogP contribution in [0.5, 0.6) is 0 Å². The molecule has 0 aromatic rings. The summed E-state index contributed by atoms with van der Waals surface area (Å²) in [5.74, 6) is 0. The maximum absolute atomic E-state index is 10.2. The van der Waals surface area contributed by atoms with Crippen molar-refractivity contribution < 1.29 is 10.1 Å². The van der Waals surface area contributed by atoms with Gasteiger partial charge >= 0.3 is 0 Å². The minimum absolute atomic E-state index is 0.236. The monoisotopic (exact) mass is 176 g/mol. The van der Waals surface area contributed by atoms with Gasteiger partial charge in [0.15, 0.2) is 10.1 Å². The highest BCUT2D eigenvalue weighted by Crippen LogP contribution is 2.04. The first kappa shape index (κ1) is 8.50. The number of hydrogen-bond acceptors (Lipinski definition) is 4. The Morgan fingerprint density at radius 1 is 1.00 bits per heavy atom. The van der Waals surface area contributed by atoms with Gasteiger partial charge in [-0.15, -0.1) is 10.0 Å². The molecule has 1 aliphatic rings. The zero-order chi connectivity index (χ0) is 9.14. The molecule has 1 saturated heterocycles. The van der Waals surface area contributed by atoms with Crippen molar-refractivity contribution in [1.82, 2.24) is 10.0 Å². The molecular weight excluding hydrogens is 168 g/mol. The van der Waals surface area contributed by atoms with Crippen molar-refractivity contribution in [3.05, 3.63) is 20.2 Å². The van der Waals surface area contributed by atoms with E-state index >= 15 is 0 Å². The molecule has 12 heavy (non-hydrogen) atoms. The van der Waals surface area contributed by atoms with E-state index in [1.807, 2.05) is 0 Å². The van der Waals surface area contributed by atoms with Gasteiger partial charge in [0.05, 0.1) is 13.1 Å². The van der Waals surface area contributed by atoms with Crippen LogP contribution in [0.3, 0.4) is 0 Å². The fourth-order valence-electron chi connectivity index (χ4n) is 1.03. The van der Waals surface area contributed by atoms with Gasteiger partial charge in [0.2, 0.25) is 6.67 Å². The number of nitrogens with zero attached hydrogens (tertiary/aromatic N) is 4. The Kier molecular flexibility index (Phi) is 2.26. The van der Waals surface area contributed by atoms with Gasteiger partial charge in [-0.05, 0) is 6.42 Å². The molecule has 0 atom stereocenters. The van der Waals surface area contributed by atoms with Crippen LogP contribution in [0.15, 0.2) is 0 Å². The second kappa shape index (κ2) is 3.20. The van der Waals surface area contributed by atoms with Crippen LogP contribution in [0.4, 0.5) is 0 Å². The van der Waals surface area contributed by atoms with E-state index in [0.29, 0.717) is 6.42 Å². The van der Waals surface area contributed by atoms with Crippen LogP contribution < -0.4 is 0 Å². The van der Waals surface area contributed by atoms with Gasteiger partial charge in [0, 0.05) is 0 Å². The molecule has 1 heterocycles. The molecule has 0 saturated carbocycles. The second-order valence-corrected chi connectivity index (χ2v) is 2.43. The van der Waals surface area contributed by atoms with Crippen molar-refractivity contribution in [1.29, 1.82) is 0 Å². The Labute approximate surface area is 67.6 Å². The highest BCUT2D eigenvalue weighted by Gasteiger charge is 2.28. The van der Waals surface area contributed by atoms with Crippen molar-refractivity contribution in [3.8, 4) is 0 Å². The smallest absolute Gasteiger partial charge is 0.207 e. The summed E-state index contributed by atoms with van der Waals surface area (Å²) in [6.07, 6.45) is 0.446. The zero-order valence-corrected chi connectivity index (χ0v) is 6.25. The summed E-state index contributed by atoms with van der Waals surface area (Å²) >= 11 is 0. The van der Waals surface area contributed by atoms with E-state index in [4.69, 9.17) is 0 Å². The highest BCUT2D eigenvalue weighted by molar-refractivity contribution is 4.54. The first-order valence-corrected chi connectivity index (χ1v) is 3.40. The van der Waals surface area contributed by atoms with Gasteiger partial charge in [0.1, 0.15) is 0 Å². The topological polar surface area (TPSA) is 92.8 Å². The highest BCUT2D eigenvalue weighted by atomic mass is 16.7. The van der Waals surface area contributed by atoms with E-state index in [9.17, 15) is 20.2 Å². The molecule has 1 fully saturated rings. The minimum Gasteiger partial charge on any atom is -0.235 e. The lowest BCUT2D eigenvalue weighted by Gasteiger charge is -2.23. The van der Waals surface area contributed by atoms with Gasteiger partial charge in [-0.3, -0.25) is 0 Å². The summed E-state index contributed by atoms with van der Waals surface area (Å²) in [6, 6.07) is 0. The van der Waals surface area contributed by atoms with Gasteiger partial charge in [-0.1, -0.05) is 0 Å². The van der Waals surface area contributed by atoms with Crippen molar-refractivity contribution in [2.45, 2.75) is 6.42 Å². The van der Waals surface area contributed by atoms with E-state index in [-0.39, 0.29) is 19.8 Å². The number of nitro groups is 2. The van der Waals surface area contributed by atoms with Crippen molar-refractivity contribution in [3.63, 3.8) is 0 Å². The zero-order valence-electron chi connectivity index (χ0n) is 6.25. The molecule has 0 N–H and O–H groups in total. The third-order valence-electron chi connectivity index (χ3n) is 1.62. The van der Waals surface area contributed by atoms with Gasteiger partial charge in [0.25, 0.3) is 0 Å². The lowest BCUT2D eigenvalue weighted by molar-refractivity contribution is -0.719. The summed E-state index contributed by atoms with van der Waals surface area (Å²) in [6.45, 7) is 0.314. The molecule has 8 nitrogen and oxygen atoms in total. The van der Waals surface area contributed by atoms with E-state index in [1.165, 1.54) is 0 Å². The molecule has 0 radical (unpaired) electrons. The summed E-state index contributed by atoms with van der Waals surface area (Å²) in [4.78, 5) is 20.4. The number of hydrogen-bond donors (Lipinski definition) is 0. The largest absolute Gasteiger partial charge is 0.235 e.